The number of thioether (sulfide) groups is 3. The van der Waals surface area contributed by atoms with Gasteiger partial charge in [-0.3, -0.25) is 0 Å². The summed E-state index contributed by atoms with van der Waals surface area (Å²) >= 11 is 13.9. The summed E-state index contributed by atoms with van der Waals surface area (Å²) in [6.07, 6.45) is 0. The summed E-state index contributed by atoms with van der Waals surface area (Å²) in [7, 11) is 0. The van der Waals surface area contributed by atoms with Gasteiger partial charge in [0.2, 0.25) is 0 Å². The molecule has 0 aliphatic rings. The molecular formula is C10H22O2S5. The molecule has 0 aliphatic heterocycles. The van der Waals surface area contributed by atoms with E-state index in [2.05, 4.69) is 25.3 Å². The van der Waals surface area contributed by atoms with Gasteiger partial charge in [-0.15, -0.1) is 0 Å². The maximum absolute atomic E-state index is 9.24. The van der Waals surface area contributed by atoms with Crippen LogP contribution < -0.4 is 0 Å². The van der Waals surface area contributed by atoms with Crippen molar-refractivity contribution in [3.05, 3.63) is 0 Å². The predicted octanol–water partition coefficient (Wildman–Crippen LogP) is 1.77. The molecule has 0 saturated heterocycles. The van der Waals surface area contributed by atoms with Crippen LogP contribution in [0.4, 0.5) is 0 Å². The van der Waals surface area contributed by atoms with Crippen LogP contribution in [0, 0.1) is 0 Å². The lowest BCUT2D eigenvalue weighted by atomic mass is 10.5. The molecule has 0 aromatic carbocycles. The third kappa shape index (κ3) is 11.2. The van der Waals surface area contributed by atoms with E-state index < -0.39 is 0 Å². The Labute approximate surface area is 128 Å². The third-order valence-electron chi connectivity index (χ3n) is 1.91. The van der Waals surface area contributed by atoms with Gasteiger partial charge in [-0.25, -0.2) is 0 Å². The van der Waals surface area contributed by atoms with Gasteiger partial charge in [-0.05, 0) is 5.75 Å². The molecule has 0 bridgehead atoms. The highest BCUT2D eigenvalue weighted by Gasteiger charge is 2.13. The number of thiol groups is 2. The minimum Gasteiger partial charge on any atom is -0.396 e. The smallest absolute Gasteiger partial charge is 0.0558 e. The summed E-state index contributed by atoms with van der Waals surface area (Å²) in [5.74, 6) is 5.46. The quantitative estimate of drug-likeness (QED) is 0.323. The molecule has 2 nitrogen and oxygen atoms in total. The molecule has 2 unspecified atom stereocenters. The van der Waals surface area contributed by atoms with Gasteiger partial charge in [0, 0.05) is 39.3 Å². The van der Waals surface area contributed by atoms with Gasteiger partial charge in [0.1, 0.15) is 0 Å². The molecule has 0 heterocycles. The predicted molar refractivity (Wildman–Crippen MR) is 91.7 cm³/mol. The van der Waals surface area contributed by atoms with Crippen molar-refractivity contribution in [2.45, 2.75) is 10.5 Å². The van der Waals surface area contributed by atoms with E-state index in [1.54, 1.807) is 23.5 Å². The summed E-state index contributed by atoms with van der Waals surface area (Å²) < 4.78 is 0. The third-order valence-corrected chi connectivity index (χ3v) is 7.28. The van der Waals surface area contributed by atoms with E-state index in [9.17, 15) is 5.11 Å². The summed E-state index contributed by atoms with van der Waals surface area (Å²) in [4.78, 5) is 0. The molecule has 0 saturated carbocycles. The zero-order chi connectivity index (χ0) is 12.9. The van der Waals surface area contributed by atoms with Crippen molar-refractivity contribution < 1.29 is 10.2 Å². The fourth-order valence-corrected chi connectivity index (χ4v) is 5.20. The van der Waals surface area contributed by atoms with Crippen LogP contribution in [0.5, 0.6) is 0 Å². The Balaban J connectivity index is 3.69. The molecule has 0 aromatic heterocycles. The van der Waals surface area contributed by atoms with Crippen molar-refractivity contribution in [1.82, 2.24) is 0 Å². The maximum Gasteiger partial charge on any atom is 0.0558 e. The van der Waals surface area contributed by atoms with Crippen LogP contribution in [-0.4, -0.2) is 68.4 Å². The Hall–Kier alpha value is 1.67. The first-order valence-electron chi connectivity index (χ1n) is 5.52. The van der Waals surface area contributed by atoms with E-state index in [0.717, 1.165) is 34.5 Å². The van der Waals surface area contributed by atoms with Crippen molar-refractivity contribution in [2.24, 2.45) is 0 Å². The molecule has 7 heteroatoms. The van der Waals surface area contributed by atoms with Gasteiger partial charge in [-0.1, -0.05) is 0 Å². The highest BCUT2D eigenvalue weighted by Crippen LogP contribution is 2.23. The molecule has 0 aromatic rings. The Bertz CT molecular complexity index is 162. The van der Waals surface area contributed by atoms with Crippen molar-refractivity contribution in [1.29, 1.82) is 0 Å². The second-order valence-corrected chi connectivity index (χ2v) is 8.04. The molecule has 0 fully saturated rings. The second-order valence-electron chi connectivity index (χ2n) is 3.34. The van der Waals surface area contributed by atoms with Crippen molar-refractivity contribution in [2.75, 3.05) is 47.7 Å². The summed E-state index contributed by atoms with van der Waals surface area (Å²) in [5.41, 5.74) is 0. The molecule has 0 radical (unpaired) electrons. The van der Waals surface area contributed by atoms with Gasteiger partial charge in [0.05, 0.1) is 13.2 Å². The average Bonchev–Trinajstić information content (AvgIpc) is 2.36. The lowest BCUT2D eigenvalue weighted by Gasteiger charge is -2.18. The maximum atomic E-state index is 9.24. The lowest BCUT2D eigenvalue weighted by Crippen LogP contribution is -2.18. The number of hydrogen-bond acceptors (Lipinski definition) is 7. The van der Waals surface area contributed by atoms with Crippen LogP contribution in [-0.2, 0) is 0 Å². The first-order valence-corrected chi connectivity index (χ1v) is 10.0. The van der Waals surface area contributed by atoms with Crippen LogP contribution in [0.25, 0.3) is 0 Å². The van der Waals surface area contributed by atoms with E-state index in [0.29, 0.717) is 10.5 Å². The molecular weight excluding hydrogens is 312 g/mol. The number of aliphatic hydroxyl groups is 2. The Morgan fingerprint density at radius 3 is 2.24 bits per heavy atom. The minimum atomic E-state index is 0.231. The first kappa shape index (κ1) is 18.7. The minimum absolute atomic E-state index is 0.231. The zero-order valence-electron chi connectivity index (χ0n) is 9.83. The van der Waals surface area contributed by atoms with Crippen LogP contribution in [0.3, 0.4) is 0 Å². The van der Waals surface area contributed by atoms with Crippen LogP contribution in [0.15, 0.2) is 0 Å². The second kappa shape index (κ2) is 14.1. The van der Waals surface area contributed by atoms with Gasteiger partial charge in [0.25, 0.3) is 0 Å². The summed E-state index contributed by atoms with van der Waals surface area (Å²) in [6, 6.07) is 0. The molecule has 0 aliphatic carbocycles. The molecule has 0 amide bonds. The Kier molecular flexibility index (Phi) is 15.5. The van der Waals surface area contributed by atoms with Crippen molar-refractivity contribution in [3.8, 4) is 0 Å². The highest BCUT2D eigenvalue weighted by atomic mass is 32.2. The normalized spacial score (nSPS) is 14.8. The first-order chi connectivity index (χ1) is 8.28. The fraction of sp³-hybridized carbons (Fsp3) is 1.00. The van der Waals surface area contributed by atoms with Gasteiger partial charge in [0.15, 0.2) is 0 Å². The van der Waals surface area contributed by atoms with Gasteiger partial charge in [-0.2, -0.15) is 60.5 Å². The number of rotatable bonds is 12. The summed E-state index contributed by atoms with van der Waals surface area (Å²) in [6.45, 7) is 0.472. The van der Waals surface area contributed by atoms with Crippen molar-refractivity contribution >= 4 is 60.5 Å². The monoisotopic (exact) mass is 334 g/mol. The van der Waals surface area contributed by atoms with Crippen LogP contribution >= 0.6 is 60.5 Å². The SMILES string of the molecule is OCCSCC(CS)SCC(CO)SCCS. The van der Waals surface area contributed by atoms with E-state index in [1.165, 1.54) is 0 Å². The van der Waals surface area contributed by atoms with Crippen molar-refractivity contribution in [3.63, 3.8) is 0 Å². The molecule has 2 atom stereocenters. The fourth-order valence-electron chi connectivity index (χ4n) is 1.05. The van der Waals surface area contributed by atoms with Gasteiger partial charge >= 0.3 is 0 Å². The number of hydrogen-bond donors (Lipinski definition) is 4. The Morgan fingerprint density at radius 1 is 0.941 bits per heavy atom. The average molecular weight is 335 g/mol. The van der Waals surface area contributed by atoms with Crippen LogP contribution in [0.2, 0.25) is 0 Å². The van der Waals surface area contributed by atoms with E-state index in [1.807, 2.05) is 11.8 Å². The highest BCUT2D eigenvalue weighted by molar-refractivity contribution is 8.05. The lowest BCUT2D eigenvalue weighted by molar-refractivity contribution is 0.301. The van der Waals surface area contributed by atoms with Gasteiger partial charge < -0.3 is 10.2 Å². The zero-order valence-corrected chi connectivity index (χ0v) is 14.1. The Morgan fingerprint density at radius 2 is 1.71 bits per heavy atom. The molecule has 104 valence electrons. The molecule has 0 rings (SSSR count). The standard InChI is InChI=1S/C10H22O2S5/c11-1-3-15-7-10(6-14)17-8-9(5-12)16-4-2-13/h9-14H,1-8H2. The van der Waals surface area contributed by atoms with E-state index in [4.69, 9.17) is 5.11 Å². The topological polar surface area (TPSA) is 40.5 Å². The van der Waals surface area contributed by atoms with E-state index >= 15 is 0 Å². The molecule has 2 N–H and O–H groups in total. The van der Waals surface area contributed by atoms with E-state index in [-0.39, 0.29) is 13.2 Å². The summed E-state index contributed by atoms with van der Waals surface area (Å²) in [5, 5.41) is 18.8. The number of aliphatic hydroxyl groups excluding tert-OH is 2. The molecule has 0 spiro atoms. The van der Waals surface area contributed by atoms with Crippen LogP contribution in [0.1, 0.15) is 0 Å². The largest absolute Gasteiger partial charge is 0.396 e. The molecule has 17 heavy (non-hydrogen) atoms.